The van der Waals surface area contributed by atoms with Crippen LogP contribution in [0.2, 0.25) is 0 Å². The number of hydrogen-bond donors (Lipinski definition) is 3. The molecule has 1 unspecified atom stereocenters. The van der Waals surface area contributed by atoms with E-state index in [0.717, 1.165) is 43.2 Å². The van der Waals surface area contributed by atoms with E-state index in [0.29, 0.717) is 25.1 Å². The van der Waals surface area contributed by atoms with Crippen molar-refractivity contribution in [2.24, 2.45) is 5.92 Å². The van der Waals surface area contributed by atoms with Crippen molar-refractivity contribution in [2.75, 3.05) is 36.8 Å². The highest BCUT2D eigenvalue weighted by molar-refractivity contribution is 6.39. The van der Waals surface area contributed by atoms with Gasteiger partial charge in [0.05, 0.1) is 0 Å². The number of piperidine rings is 1. The van der Waals surface area contributed by atoms with Crippen LogP contribution in [0.3, 0.4) is 0 Å². The molecule has 1 aromatic carbocycles. The Balaban J connectivity index is 1.40. The molecular weight excluding hydrogens is 344 g/mol. The first-order chi connectivity index (χ1) is 13.0. The van der Waals surface area contributed by atoms with Crippen LogP contribution in [0, 0.1) is 5.92 Å². The van der Waals surface area contributed by atoms with Crippen LogP contribution in [-0.4, -0.2) is 48.8 Å². The number of carbonyl (C=O) groups excluding carboxylic acids is 3. The Kier molecular flexibility index (Phi) is 6.45. The second-order valence-electron chi connectivity index (χ2n) is 7.53. The average Bonchev–Trinajstić information content (AvgIpc) is 2.65. The minimum absolute atomic E-state index is 0.00215. The smallest absolute Gasteiger partial charge is 0.313 e. The van der Waals surface area contributed by atoms with Gasteiger partial charge in [0.25, 0.3) is 0 Å². The highest BCUT2D eigenvalue weighted by atomic mass is 16.2. The maximum Gasteiger partial charge on any atom is 0.313 e. The second-order valence-corrected chi connectivity index (χ2v) is 7.53. The van der Waals surface area contributed by atoms with E-state index in [1.807, 2.05) is 0 Å². The van der Waals surface area contributed by atoms with E-state index in [-0.39, 0.29) is 5.91 Å². The summed E-state index contributed by atoms with van der Waals surface area (Å²) in [5.74, 6) is -0.545. The molecule has 7 heteroatoms. The Morgan fingerprint density at radius 2 is 2.11 bits per heavy atom. The third-order valence-electron chi connectivity index (χ3n) is 5.14. The normalized spacial score (nSPS) is 19.7. The van der Waals surface area contributed by atoms with E-state index in [9.17, 15) is 14.4 Å². The Bertz CT molecular complexity index is 719. The molecule has 0 bridgehead atoms. The van der Waals surface area contributed by atoms with Crippen molar-refractivity contribution in [2.45, 2.75) is 39.0 Å². The molecule has 3 rings (SSSR count). The fourth-order valence-corrected chi connectivity index (χ4v) is 3.72. The molecule has 1 saturated heterocycles. The van der Waals surface area contributed by atoms with Crippen LogP contribution in [0.1, 0.15) is 38.2 Å². The number of fused-ring (bicyclic) bond motifs is 1. The van der Waals surface area contributed by atoms with Gasteiger partial charge >= 0.3 is 11.8 Å². The zero-order valence-electron chi connectivity index (χ0n) is 15.8. The fourth-order valence-electron chi connectivity index (χ4n) is 3.72. The monoisotopic (exact) mass is 372 g/mol. The molecule has 1 atom stereocenters. The zero-order valence-corrected chi connectivity index (χ0v) is 15.8. The van der Waals surface area contributed by atoms with E-state index in [1.54, 1.807) is 18.2 Å². The van der Waals surface area contributed by atoms with Crippen molar-refractivity contribution >= 4 is 29.1 Å². The van der Waals surface area contributed by atoms with Gasteiger partial charge in [-0.15, -0.1) is 0 Å². The number of carbonyl (C=O) groups is 3. The van der Waals surface area contributed by atoms with E-state index in [1.165, 1.54) is 12.8 Å². The van der Waals surface area contributed by atoms with Crippen molar-refractivity contribution in [1.29, 1.82) is 0 Å². The van der Waals surface area contributed by atoms with Gasteiger partial charge in [-0.05, 0) is 68.5 Å². The topological polar surface area (TPSA) is 90.5 Å². The highest BCUT2D eigenvalue weighted by Crippen LogP contribution is 2.25. The second kappa shape index (κ2) is 8.99. The van der Waals surface area contributed by atoms with Crippen LogP contribution in [0.25, 0.3) is 0 Å². The lowest BCUT2D eigenvalue weighted by atomic mass is 10.0. The standard InChI is InChI=1S/C20H28N4O3/c1-14-4-2-10-24(13-14)11-3-9-21-19(26)20(27)22-16-6-7-17-15(12-16)5-8-18(25)23-17/h6-7,12,14H,2-5,8-11,13H2,1H3,(H,21,26)(H,22,27)(H,23,25). The predicted molar refractivity (Wildman–Crippen MR) is 104 cm³/mol. The largest absolute Gasteiger partial charge is 0.348 e. The summed E-state index contributed by atoms with van der Waals surface area (Å²) in [5.41, 5.74) is 2.29. The van der Waals surface area contributed by atoms with Crippen LogP contribution >= 0.6 is 0 Å². The van der Waals surface area contributed by atoms with Gasteiger partial charge in [0, 0.05) is 30.9 Å². The molecule has 0 aliphatic carbocycles. The number of rotatable bonds is 5. The van der Waals surface area contributed by atoms with E-state index >= 15 is 0 Å². The van der Waals surface area contributed by atoms with Gasteiger partial charge in [-0.3, -0.25) is 14.4 Å². The van der Waals surface area contributed by atoms with E-state index < -0.39 is 11.8 Å². The summed E-state index contributed by atoms with van der Waals surface area (Å²) in [6.45, 7) is 5.95. The van der Waals surface area contributed by atoms with Crippen LogP contribution in [0.5, 0.6) is 0 Å². The molecule has 3 amide bonds. The number of likely N-dealkylation sites (tertiary alicyclic amines) is 1. The molecule has 1 aromatic rings. The number of anilines is 2. The lowest BCUT2D eigenvalue weighted by Gasteiger charge is -2.30. The Hall–Kier alpha value is -2.41. The Labute approximate surface area is 159 Å². The summed E-state index contributed by atoms with van der Waals surface area (Å²) in [7, 11) is 0. The van der Waals surface area contributed by atoms with Crippen LogP contribution in [0.4, 0.5) is 11.4 Å². The number of aryl methyl sites for hydroxylation is 1. The molecule has 0 radical (unpaired) electrons. The molecule has 3 N–H and O–H groups in total. The number of nitrogens with one attached hydrogen (secondary N) is 3. The van der Waals surface area contributed by atoms with Crippen LogP contribution in [-0.2, 0) is 20.8 Å². The van der Waals surface area contributed by atoms with Crippen molar-refractivity contribution in [3.8, 4) is 0 Å². The quantitative estimate of drug-likeness (QED) is 0.542. The number of amides is 3. The molecule has 0 aromatic heterocycles. The molecule has 0 saturated carbocycles. The lowest BCUT2D eigenvalue weighted by molar-refractivity contribution is -0.136. The SMILES string of the molecule is CC1CCCN(CCCNC(=O)C(=O)Nc2ccc3c(c2)CCC(=O)N3)C1. The van der Waals surface area contributed by atoms with Crippen molar-refractivity contribution < 1.29 is 14.4 Å². The fraction of sp³-hybridized carbons (Fsp3) is 0.550. The first kappa shape index (κ1) is 19.4. The minimum Gasteiger partial charge on any atom is -0.348 e. The van der Waals surface area contributed by atoms with Gasteiger partial charge in [0.15, 0.2) is 0 Å². The molecule has 7 nitrogen and oxygen atoms in total. The molecule has 27 heavy (non-hydrogen) atoms. The van der Waals surface area contributed by atoms with E-state index in [2.05, 4.69) is 27.8 Å². The minimum atomic E-state index is -0.665. The van der Waals surface area contributed by atoms with Crippen molar-refractivity contribution in [3.05, 3.63) is 23.8 Å². The molecular formula is C20H28N4O3. The summed E-state index contributed by atoms with van der Waals surface area (Å²) in [6, 6.07) is 5.24. The van der Waals surface area contributed by atoms with Gasteiger partial charge in [-0.2, -0.15) is 0 Å². The maximum atomic E-state index is 12.1. The van der Waals surface area contributed by atoms with E-state index in [4.69, 9.17) is 0 Å². The summed E-state index contributed by atoms with van der Waals surface area (Å²) in [4.78, 5) is 37.9. The highest BCUT2D eigenvalue weighted by Gasteiger charge is 2.18. The third-order valence-corrected chi connectivity index (χ3v) is 5.14. The first-order valence-electron chi connectivity index (χ1n) is 9.75. The zero-order chi connectivity index (χ0) is 19.2. The van der Waals surface area contributed by atoms with Crippen molar-refractivity contribution in [1.82, 2.24) is 10.2 Å². The number of hydrogen-bond acceptors (Lipinski definition) is 4. The number of nitrogens with zero attached hydrogens (tertiary/aromatic N) is 1. The molecule has 0 spiro atoms. The molecule has 1 fully saturated rings. The van der Waals surface area contributed by atoms with Gasteiger partial charge in [-0.1, -0.05) is 6.92 Å². The van der Waals surface area contributed by atoms with Crippen LogP contribution < -0.4 is 16.0 Å². The van der Waals surface area contributed by atoms with Gasteiger partial charge in [0.1, 0.15) is 0 Å². The number of benzene rings is 1. The Morgan fingerprint density at radius 1 is 1.26 bits per heavy atom. The molecule has 2 aliphatic rings. The summed E-state index contributed by atoms with van der Waals surface area (Å²) in [5, 5.41) is 8.10. The summed E-state index contributed by atoms with van der Waals surface area (Å²) in [6.07, 6.45) is 4.43. The lowest BCUT2D eigenvalue weighted by Crippen LogP contribution is -2.39. The average molecular weight is 372 g/mol. The molecule has 146 valence electrons. The Morgan fingerprint density at radius 3 is 2.93 bits per heavy atom. The third kappa shape index (κ3) is 5.53. The van der Waals surface area contributed by atoms with Crippen molar-refractivity contribution in [3.63, 3.8) is 0 Å². The predicted octanol–water partition coefficient (Wildman–Crippen LogP) is 1.75. The maximum absolute atomic E-state index is 12.1. The van der Waals surface area contributed by atoms with Crippen LogP contribution in [0.15, 0.2) is 18.2 Å². The van der Waals surface area contributed by atoms with Gasteiger partial charge in [0.2, 0.25) is 5.91 Å². The molecule has 2 heterocycles. The first-order valence-corrected chi connectivity index (χ1v) is 9.75. The molecule has 2 aliphatic heterocycles. The van der Waals surface area contributed by atoms with Gasteiger partial charge in [-0.25, -0.2) is 0 Å². The van der Waals surface area contributed by atoms with Gasteiger partial charge < -0.3 is 20.9 Å². The summed E-state index contributed by atoms with van der Waals surface area (Å²) < 4.78 is 0. The summed E-state index contributed by atoms with van der Waals surface area (Å²) >= 11 is 0.